The third-order valence-corrected chi connectivity index (χ3v) is 2.53. The Balaban J connectivity index is 3.34. The smallest absolute Gasteiger partial charge is 0.211 e. The molecule has 5 N–H and O–H groups in total. The first-order chi connectivity index (χ1) is 8.75. The maximum Gasteiger partial charge on any atom is 0.211 e. The molecule has 0 aromatic heterocycles. The van der Waals surface area contributed by atoms with E-state index in [1.807, 2.05) is 20.8 Å². The van der Waals surface area contributed by atoms with E-state index in [1.54, 1.807) is 12.1 Å². The van der Waals surface area contributed by atoms with Crippen molar-refractivity contribution in [2.75, 3.05) is 0 Å². The van der Waals surface area contributed by atoms with Crippen molar-refractivity contribution in [2.24, 2.45) is 21.7 Å². The zero-order valence-electron chi connectivity index (χ0n) is 11.2. The van der Waals surface area contributed by atoms with Gasteiger partial charge in [-0.1, -0.05) is 20.8 Å². The number of hydrogen-bond donors (Lipinski definition) is 3. The minimum Gasteiger partial charge on any atom is -0.507 e. The predicted molar refractivity (Wildman–Crippen MR) is 75.6 cm³/mol. The summed E-state index contributed by atoms with van der Waals surface area (Å²) >= 11 is 0. The number of carbonyl (C=O) groups is 1. The second-order valence-electron chi connectivity index (χ2n) is 5.14. The Morgan fingerprint density at radius 3 is 2.32 bits per heavy atom. The largest absolute Gasteiger partial charge is 0.507 e. The summed E-state index contributed by atoms with van der Waals surface area (Å²) in [6.45, 7) is 6.01. The molecule has 1 aromatic carbocycles. The summed E-state index contributed by atoms with van der Waals surface area (Å²) in [5.41, 5.74) is 11.6. The molecular weight excluding hydrogens is 244 g/mol. The van der Waals surface area contributed by atoms with Crippen molar-refractivity contribution >= 4 is 18.5 Å². The number of phenolic OH excluding ortho intramolecular Hbond substituents is 1. The van der Waals surface area contributed by atoms with Gasteiger partial charge in [0.05, 0.1) is 11.8 Å². The Morgan fingerprint density at radius 1 is 1.26 bits per heavy atom. The first-order valence-corrected chi connectivity index (χ1v) is 5.70. The summed E-state index contributed by atoms with van der Waals surface area (Å²) in [7, 11) is 0. The molecule has 0 aliphatic rings. The third-order valence-electron chi connectivity index (χ3n) is 2.53. The molecule has 1 rings (SSSR count). The molecule has 0 amide bonds. The highest BCUT2D eigenvalue weighted by molar-refractivity contribution is 5.91. The van der Waals surface area contributed by atoms with Crippen LogP contribution in [0.4, 0.5) is 0 Å². The van der Waals surface area contributed by atoms with Gasteiger partial charge in [-0.15, -0.1) is 5.10 Å². The number of aromatic hydroxyl groups is 1. The Kier molecular flexibility index (Phi) is 4.26. The summed E-state index contributed by atoms with van der Waals surface area (Å²) in [6, 6.07) is 3.40. The van der Waals surface area contributed by atoms with Gasteiger partial charge in [0.15, 0.2) is 6.29 Å². The van der Waals surface area contributed by atoms with E-state index in [2.05, 4.69) is 10.2 Å². The highest BCUT2D eigenvalue weighted by atomic mass is 16.3. The van der Waals surface area contributed by atoms with Gasteiger partial charge in [0.1, 0.15) is 5.75 Å². The standard InChI is InChI=1S/C13H18N4O2/c1-13(2,3)10-4-8(6-16-17-12(14)15)11(19)9(5-10)7-18/h4-7,19H,1-3H3,(H4,14,15,17). The lowest BCUT2D eigenvalue weighted by molar-refractivity contribution is 0.112. The van der Waals surface area contributed by atoms with Crippen molar-refractivity contribution in [2.45, 2.75) is 26.2 Å². The van der Waals surface area contributed by atoms with Crippen LogP contribution >= 0.6 is 0 Å². The van der Waals surface area contributed by atoms with Crippen LogP contribution in [-0.2, 0) is 5.41 Å². The van der Waals surface area contributed by atoms with Crippen LogP contribution in [-0.4, -0.2) is 23.6 Å². The minimum absolute atomic E-state index is 0.141. The van der Waals surface area contributed by atoms with E-state index in [1.165, 1.54) is 6.21 Å². The van der Waals surface area contributed by atoms with Gasteiger partial charge < -0.3 is 16.6 Å². The number of nitrogens with zero attached hydrogens (tertiary/aromatic N) is 2. The second kappa shape index (κ2) is 5.51. The van der Waals surface area contributed by atoms with Crippen LogP contribution in [0.25, 0.3) is 0 Å². The van der Waals surface area contributed by atoms with Gasteiger partial charge in [-0.2, -0.15) is 5.10 Å². The molecule has 0 unspecified atom stereocenters. The van der Waals surface area contributed by atoms with Crippen molar-refractivity contribution < 1.29 is 9.90 Å². The van der Waals surface area contributed by atoms with Gasteiger partial charge in [0, 0.05) is 5.56 Å². The molecule has 0 saturated carbocycles. The highest BCUT2D eigenvalue weighted by Gasteiger charge is 2.17. The first-order valence-electron chi connectivity index (χ1n) is 5.70. The van der Waals surface area contributed by atoms with E-state index in [4.69, 9.17) is 11.5 Å². The first kappa shape index (κ1) is 14.7. The lowest BCUT2D eigenvalue weighted by Gasteiger charge is -2.20. The number of carbonyl (C=O) groups excluding carboxylic acids is 1. The fourth-order valence-corrected chi connectivity index (χ4v) is 1.46. The van der Waals surface area contributed by atoms with E-state index in [0.29, 0.717) is 11.8 Å². The number of phenols is 1. The quantitative estimate of drug-likeness (QED) is 0.327. The zero-order chi connectivity index (χ0) is 14.6. The molecule has 102 valence electrons. The van der Waals surface area contributed by atoms with Crippen molar-refractivity contribution in [3.8, 4) is 5.75 Å². The SMILES string of the molecule is CC(C)(C)c1cc(C=O)c(O)c(C=NN=C(N)N)c1. The molecule has 6 heteroatoms. The van der Waals surface area contributed by atoms with E-state index in [9.17, 15) is 9.90 Å². The molecule has 0 fully saturated rings. The molecule has 0 aliphatic carbocycles. The van der Waals surface area contributed by atoms with Crippen molar-refractivity contribution in [1.29, 1.82) is 0 Å². The highest BCUT2D eigenvalue weighted by Crippen LogP contribution is 2.29. The molecule has 0 spiro atoms. The average molecular weight is 262 g/mol. The summed E-state index contributed by atoms with van der Waals surface area (Å²) in [5.74, 6) is -0.323. The molecule has 19 heavy (non-hydrogen) atoms. The lowest BCUT2D eigenvalue weighted by atomic mass is 9.85. The Hall–Kier alpha value is -2.37. The predicted octanol–water partition coefficient (Wildman–Crippen LogP) is 1.11. The Bertz CT molecular complexity index is 538. The number of guanidine groups is 1. The molecule has 0 saturated heterocycles. The van der Waals surface area contributed by atoms with Crippen LogP contribution in [0.3, 0.4) is 0 Å². The molecular formula is C13H18N4O2. The van der Waals surface area contributed by atoms with Crippen LogP contribution in [0, 0.1) is 0 Å². The monoisotopic (exact) mass is 262 g/mol. The van der Waals surface area contributed by atoms with Crippen LogP contribution in [0.15, 0.2) is 22.3 Å². The van der Waals surface area contributed by atoms with E-state index >= 15 is 0 Å². The fourth-order valence-electron chi connectivity index (χ4n) is 1.46. The third kappa shape index (κ3) is 3.80. The minimum atomic E-state index is -0.182. The zero-order valence-corrected chi connectivity index (χ0v) is 11.2. The van der Waals surface area contributed by atoms with Gasteiger partial charge >= 0.3 is 0 Å². The van der Waals surface area contributed by atoms with E-state index in [-0.39, 0.29) is 22.7 Å². The van der Waals surface area contributed by atoms with Gasteiger partial charge in [0.2, 0.25) is 5.96 Å². The number of rotatable bonds is 3. The molecule has 0 bridgehead atoms. The summed E-state index contributed by atoms with van der Waals surface area (Å²) in [5, 5.41) is 17.0. The Labute approximate surface area is 111 Å². The van der Waals surface area contributed by atoms with Crippen LogP contribution in [0.1, 0.15) is 42.3 Å². The van der Waals surface area contributed by atoms with Crippen LogP contribution < -0.4 is 11.5 Å². The number of nitrogens with two attached hydrogens (primary N) is 2. The topological polar surface area (TPSA) is 114 Å². The van der Waals surface area contributed by atoms with Crippen LogP contribution in [0.2, 0.25) is 0 Å². The van der Waals surface area contributed by atoms with Crippen molar-refractivity contribution in [1.82, 2.24) is 0 Å². The maximum absolute atomic E-state index is 11.0. The van der Waals surface area contributed by atoms with Gasteiger partial charge in [0.25, 0.3) is 0 Å². The number of hydrogen-bond acceptors (Lipinski definition) is 4. The molecule has 6 nitrogen and oxygen atoms in total. The maximum atomic E-state index is 11.0. The summed E-state index contributed by atoms with van der Waals surface area (Å²) in [4.78, 5) is 11.0. The van der Waals surface area contributed by atoms with Gasteiger partial charge in [-0.3, -0.25) is 4.79 Å². The molecule has 0 radical (unpaired) electrons. The lowest BCUT2D eigenvalue weighted by Crippen LogP contribution is -2.21. The normalized spacial score (nSPS) is 11.5. The summed E-state index contributed by atoms with van der Waals surface area (Å²) < 4.78 is 0. The van der Waals surface area contributed by atoms with Gasteiger partial charge in [-0.05, 0) is 23.1 Å². The molecule has 0 atom stereocenters. The fraction of sp³-hybridized carbons (Fsp3) is 0.308. The second-order valence-corrected chi connectivity index (χ2v) is 5.14. The van der Waals surface area contributed by atoms with E-state index < -0.39 is 0 Å². The molecule has 0 heterocycles. The molecule has 0 aliphatic heterocycles. The average Bonchev–Trinajstić information content (AvgIpc) is 2.29. The van der Waals surface area contributed by atoms with Gasteiger partial charge in [-0.25, -0.2) is 0 Å². The van der Waals surface area contributed by atoms with Crippen molar-refractivity contribution in [3.05, 3.63) is 28.8 Å². The van der Waals surface area contributed by atoms with E-state index in [0.717, 1.165) is 5.56 Å². The molecule has 1 aromatic rings. The van der Waals surface area contributed by atoms with Crippen LogP contribution in [0.5, 0.6) is 5.75 Å². The Morgan fingerprint density at radius 2 is 1.84 bits per heavy atom. The number of aldehydes is 1. The summed E-state index contributed by atoms with van der Waals surface area (Å²) in [6.07, 6.45) is 1.90. The number of benzene rings is 1. The van der Waals surface area contributed by atoms with Crippen molar-refractivity contribution in [3.63, 3.8) is 0 Å².